The third-order valence-electron chi connectivity index (χ3n) is 4.06. The first-order valence-electron chi connectivity index (χ1n) is 9.05. The largest absolute Gasteiger partial charge is 0.494 e. The Hall–Kier alpha value is -2.34. The van der Waals surface area contributed by atoms with Crippen molar-refractivity contribution in [2.45, 2.75) is 40.5 Å². The molecule has 0 aliphatic heterocycles. The first-order chi connectivity index (χ1) is 12.6. The molecule has 2 rings (SSSR count). The Balaban J connectivity index is 2.07. The molecule has 0 aliphatic carbocycles. The lowest BCUT2D eigenvalue weighted by Crippen LogP contribution is -2.32. The smallest absolute Gasteiger partial charge is 0.186 e. The summed E-state index contributed by atoms with van der Waals surface area (Å²) in [4.78, 5) is 0. The molecule has 1 aromatic heterocycles. The predicted octanol–water partition coefficient (Wildman–Crippen LogP) is 4.09. The van der Waals surface area contributed by atoms with Crippen molar-refractivity contribution in [1.82, 2.24) is 15.3 Å². The lowest BCUT2D eigenvalue weighted by molar-refractivity contribution is 0.340. The number of hydrazone groups is 1. The molecule has 0 fully saturated rings. The summed E-state index contributed by atoms with van der Waals surface area (Å²) >= 11 is 5.20. The summed E-state index contributed by atoms with van der Waals surface area (Å²) in [5.41, 5.74) is 7.31. The molecule has 1 heterocycles. The summed E-state index contributed by atoms with van der Waals surface area (Å²) in [5.74, 6) is 0.883. The normalized spacial score (nSPS) is 10.9. The van der Waals surface area contributed by atoms with Gasteiger partial charge >= 0.3 is 0 Å². The van der Waals surface area contributed by atoms with Gasteiger partial charge in [0, 0.05) is 29.2 Å². The average Bonchev–Trinajstić information content (AvgIpc) is 2.90. The van der Waals surface area contributed by atoms with Crippen LogP contribution in [0.15, 0.2) is 35.4 Å². The Morgan fingerprint density at radius 1 is 1.23 bits per heavy atom. The summed E-state index contributed by atoms with van der Waals surface area (Å²) < 4.78 is 7.72. The van der Waals surface area contributed by atoms with Gasteiger partial charge < -0.3 is 14.6 Å². The van der Waals surface area contributed by atoms with Gasteiger partial charge in [0.05, 0.1) is 12.8 Å². The summed E-state index contributed by atoms with van der Waals surface area (Å²) in [5, 5.41) is 7.94. The molecule has 0 spiro atoms. The second-order valence-corrected chi connectivity index (χ2v) is 6.48. The second kappa shape index (κ2) is 9.97. The third kappa shape index (κ3) is 5.33. The first-order valence-corrected chi connectivity index (χ1v) is 9.46. The molecule has 0 amide bonds. The number of nitrogens with zero attached hydrogens (tertiary/aromatic N) is 2. The number of thiocarbonyl (C=S) groups is 1. The monoisotopic (exact) mass is 372 g/mol. The third-order valence-corrected chi connectivity index (χ3v) is 4.30. The van der Waals surface area contributed by atoms with E-state index in [9.17, 15) is 0 Å². The van der Waals surface area contributed by atoms with Gasteiger partial charge in [0.2, 0.25) is 0 Å². The summed E-state index contributed by atoms with van der Waals surface area (Å²) in [6, 6.07) is 10.2. The molecule has 26 heavy (non-hydrogen) atoms. The van der Waals surface area contributed by atoms with Crippen LogP contribution in [0.5, 0.6) is 5.75 Å². The maximum absolute atomic E-state index is 5.52. The molecule has 6 heteroatoms. The van der Waals surface area contributed by atoms with Crippen molar-refractivity contribution in [3.63, 3.8) is 0 Å². The van der Waals surface area contributed by atoms with Crippen LogP contribution < -0.4 is 15.5 Å². The maximum Gasteiger partial charge on any atom is 0.186 e. The second-order valence-electron chi connectivity index (χ2n) is 6.07. The Bertz CT molecular complexity index is 750. The van der Waals surface area contributed by atoms with E-state index in [0.29, 0.717) is 11.7 Å². The van der Waals surface area contributed by atoms with Crippen LogP contribution in [0.4, 0.5) is 0 Å². The number of hydrogen-bond acceptors (Lipinski definition) is 3. The quantitative estimate of drug-likeness (QED) is 0.317. The molecule has 0 bridgehead atoms. The number of aromatic nitrogens is 1. The van der Waals surface area contributed by atoms with Crippen LogP contribution in [-0.4, -0.2) is 29.0 Å². The van der Waals surface area contributed by atoms with Gasteiger partial charge in [0.1, 0.15) is 5.75 Å². The molecule has 5 nitrogen and oxygen atoms in total. The lowest BCUT2D eigenvalue weighted by atomic mass is 10.2. The van der Waals surface area contributed by atoms with Crippen LogP contribution in [-0.2, 0) is 0 Å². The molecule has 0 aliphatic rings. The number of rotatable bonds is 8. The van der Waals surface area contributed by atoms with E-state index in [1.54, 1.807) is 6.21 Å². The van der Waals surface area contributed by atoms with Crippen LogP contribution in [0.2, 0.25) is 0 Å². The Morgan fingerprint density at radius 2 is 1.96 bits per heavy atom. The van der Waals surface area contributed by atoms with Crippen LogP contribution in [0.25, 0.3) is 5.69 Å². The summed E-state index contributed by atoms with van der Waals surface area (Å²) in [6.45, 7) is 9.84. The number of nitrogens with one attached hydrogen (secondary N) is 2. The van der Waals surface area contributed by atoms with Crippen LogP contribution in [0.1, 0.15) is 43.6 Å². The molecule has 0 radical (unpaired) electrons. The van der Waals surface area contributed by atoms with Gasteiger partial charge in [-0.2, -0.15) is 5.10 Å². The van der Waals surface area contributed by atoms with Crippen molar-refractivity contribution >= 4 is 23.5 Å². The van der Waals surface area contributed by atoms with Gasteiger partial charge in [-0.15, -0.1) is 0 Å². The van der Waals surface area contributed by atoms with Gasteiger partial charge in [-0.25, -0.2) is 0 Å². The molecule has 0 unspecified atom stereocenters. The Labute approximate surface area is 161 Å². The molecule has 1 aromatic carbocycles. The van der Waals surface area contributed by atoms with E-state index in [1.165, 1.54) is 0 Å². The van der Waals surface area contributed by atoms with Crippen LogP contribution in [0.3, 0.4) is 0 Å². The fourth-order valence-corrected chi connectivity index (χ4v) is 2.91. The number of hydrogen-bond donors (Lipinski definition) is 2. The van der Waals surface area contributed by atoms with Crippen molar-refractivity contribution in [3.05, 3.63) is 47.3 Å². The minimum Gasteiger partial charge on any atom is -0.494 e. The minimum absolute atomic E-state index is 0.551. The van der Waals surface area contributed by atoms with E-state index in [1.807, 2.05) is 19.1 Å². The van der Waals surface area contributed by atoms with E-state index in [2.05, 4.69) is 59.4 Å². The van der Waals surface area contributed by atoms with Crippen molar-refractivity contribution in [2.24, 2.45) is 5.10 Å². The number of unbranched alkanes of at least 4 members (excludes halogenated alkanes) is 1. The Morgan fingerprint density at radius 3 is 2.62 bits per heavy atom. The van der Waals surface area contributed by atoms with E-state index in [4.69, 9.17) is 17.0 Å². The zero-order valence-electron chi connectivity index (χ0n) is 16.0. The van der Waals surface area contributed by atoms with Gasteiger partial charge in [0.15, 0.2) is 5.11 Å². The van der Waals surface area contributed by atoms with E-state index >= 15 is 0 Å². The SMILES string of the molecule is CCCCNC(=S)NN=Cc1cc(C)n(-c2ccc(OCC)cc2)c1C. The number of ether oxygens (including phenoxy) is 1. The highest BCUT2D eigenvalue weighted by Crippen LogP contribution is 2.22. The minimum atomic E-state index is 0.551. The first kappa shape index (κ1) is 20.0. The fraction of sp³-hybridized carbons (Fsp3) is 0.400. The molecule has 0 saturated carbocycles. The Kier molecular flexibility index (Phi) is 7.66. The van der Waals surface area contributed by atoms with Crippen molar-refractivity contribution in [1.29, 1.82) is 0 Å². The van der Waals surface area contributed by atoms with Crippen molar-refractivity contribution in [2.75, 3.05) is 13.2 Å². The maximum atomic E-state index is 5.52. The van der Waals surface area contributed by atoms with Crippen molar-refractivity contribution < 1.29 is 4.74 Å². The van der Waals surface area contributed by atoms with E-state index < -0.39 is 0 Å². The van der Waals surface area contributed by atoms with Gasteiger partial charge in [-0.3, -0.25) is 5.43 Å². The molecule has 2 aromatic rings. The van der Waals surface area contributed by atoms with Crippen LogP contribution >= 0.6 is 12.2 Å². The van der Waals surface area contributed by atoms with Gasteiger partial charge in [-0.1, -0.05) is 13.3 Å². The molecular weight excluding hydrogens is 344 g/mol. The van der Waals surface area contributed by atoms with Gasteiger partial charge in [0.25, 0.3) is 0 Å². The molecule has 2 N–H and O–H groups in total. The molecule has 0 saturated heterocycles. The highest BCUT2D eigenvalue weighted by molar-refractivity contribution is 7.80. The lowest BCUT2D eigenvalue weighted by Gasteiger charge is -2.11. The summed E-state index contributed by atoms with van der Waals surface area (Å²) in [6.07, 6.45) is 4.03. The van der Waals surface area contributed by atoms with Crippen molar-refractivity contribution in [3.8, 4) is 11.4 Å². The number of benzene rings is 1. The zero-order valence-corrected chi connectivity index (χ0v) is 16.8. The predicted molar refractivity (Wildman–Crippen MR) is 113 cm³/mol. The standard InChI is InChI=1S/C20H28N4OS/c1-5-7-12-21-20(26)23-22-14-17-13-15(3)24(16(17)4)18-8-10-19(11-9-18)25-6-2/h8-11,13-14H,5-7,12H2,1-4H3,(H2,21,23,26). The highest BCUT2D eigenvalue weighted by Gasteiger charge is 2.09. The molecular formula is C20H28N4OS. The van der Waals surface area contributed by atoms with Crippen LogP contribution in [0, 0.1) is 13.8 Å². The number of aryl methyl sites for hydroxylation is 1. The summed E-state index contributed by atoms with van der Waals surface area (Å²) in [7, 11) is 0. The average molecular weight is 373 g/mol. The topological polar surface area (TPSA) is 50.6 Å². The molecule has 0 atom stereocenters. The molecule has 140 valence electrons. The van der Waals surface area contributed by atoms with E-state index in [0.717, 1.165) is 47.8 Å². The zero-order chi connectivity index (χ0) is 18.9. The van der Waals surface area contributed by atoms with Gasteiger partial charge in [-0.05, 0) is 69.7 Å². The fourth-order valence-electron chi connectivity index (χ4n) is 2.75. The van der Waals surface area contributed by atoms with E-state index in [-0.39, 0.29) is 0 Å². The highest BCUT2D eigenvalue weighted by atomic mass is 32.1.